The molecule has 0 radical (unpaired) electrons. The summed E-state index contributed by atoms with van der Waals surface area (Å²) in [5.41, 5.74) is 3.82. The van der Waals surface area contributed by atoms with Crippen LogP contribution in [0.1, 0.15) is 54.9 Å². The first kappa shape index (κ1) is 16.3. The normalized spacial score (nSPS) is 14.6. The Hall–Kier alpha value is -2.56. The average Bonchev–Trinajstić information content (AvgIpc) is 2.59. The van der Waals surface area contributed by atoms with Crippen molar-refractivity contribution in [2.24, 2.45) is 0 Å². The molecule has 0 saturated heterocycles. The van der Waals surface area contributed by atoms with Crippen molar-refractivity contribution in [1.29, 1.82) is 0 Å². The zero-order chi connectivity index (χ0) is 17.1. The van der Waals surface area contributed by atoms with Crippen molar-refractivity contribution >= 4 is 22.8 Å². The molecule has 1 aliphatic rings. The molecular weight excluding hydrogens is 304 g/mol. The third-order valence-electron chi connectivity index (χ3n) is 4.12. The molecule has 0 bridgehead atoms. The third kappa shape index (κ3) is 3.35. The highest BCUT2D eigenvalue weighted by Gasteiger charge is 2.16. The quantitative estimate of drug-likeness (QED) is 0.805. The minimum absolute atomic E-state index is 0.00751. The molecule has 0 amide bonds. The van der Waals surface area contributed by atoms with E-state index in [4.69, 9.17) is 4.74 Å². The van der Waals surface area contributed by atoms with Crippen LogP contribution in [0, 0.1) is 0 Å². The number of hydrogen-bond donors (Lipinski definition) is 0. The molecule has 0 spiro atoms. The van der Waals surface area contributed by atoms with Crippen molar-refractivity contribution in [3.8, 4) is 0 Å². The van der Waals surface area contributed by atoms with Gasteiger partial charge in [-0.15, -0.1) is 0 Å². The van der Waals surface area contributed by atoms with E-state index in [1.807, 2.05) is 6.92 Å². The van der Waals surface area contributed by atoms with E-state index in [0.717, 1.165) is 36.2 Å². The van der Waals surface area contributed by atoms with Crippen LogP contribution < -0.4 is 0 Å². The molecule has 1 aromatic carbocycles. The molecule has 5 nitrogen and oxygen atoms in total. The van der Waals surface area contributed by atoms with Crippen molar-refractivity contribution in [3.05, 3.63) is 47.0 Å². The standard InChI is InChI=1S/C19H20N2O3/c1-3-15-16(4-2)21-18-10-12(8-9-17(18)20-15)19(23)24-14-7-5-6-13(22)11-14/h8-11H,3-7H2,1-2H3. The van der Waals surface area contributed by atoms with Crippen LogP contribution in [-0.4, -0.2) is 21.7 Å². The van der Waals surface area contributed by atoms with Crippen LogP contribution in [-0.2, 0) is 22.4 Å². The van der Waals surface area contributed by atoms with Crippen LogP contribution in [0.5, 0.6) is 0 Å². The number of nitrogens with zero attached hydrogens (tertiary/aromatic N) is 2. The molecule has 1 aromatic heterocycles. The van der Waals surface area contributed by atoms with Crippen LogP contribution in [0.25, 0.3) is 11.0 Å². The third-order valence-corrected chi connectivity index (χ3v) is 4.12. The van der Waals surface area contributed by atoms with E-state index >= 15 is 0 Å². The minimum Gasteiger partial charge on any atom is -0.427 e. The number of rotatable bonds is 4. The number of fused-ring (bicyclic) bond motifs is 1. The first-order valence-electron chi connectivity index (χ1n) is 8.35. The highest BCUT2D eigenvalue weighted by molar-refractivity contribution is 5.95. The Morgan fingerprint density at radius 1 is 1.08 bits per heavy atom. The Labute approximate surface area is 140 Å². The van der Waals surface area contributed by atoms with Gasteiger partial charge in [-0.3, -0.25) is 4.79 Å². The number of carbonyl (C=O) groups is 2. The van der Waals surface area contributed by atoms with Gasteiger partial charge in [0, 0.05) is 18.9 Å². The monoisotopic (exact) mass is 324 g/mol. The Balaban J connectivity index is 1.89. The lowest BCUT2D eigenvalue weighted by Crippen LogP contribution is -2.10. The molecule has 124 valence electrons. The summed E-state index contributed by atoms with van der Waals surface area (Å²) in [5.74, 6) is -0.0108. The molecule has 0 fully saturated rings. The molecule has 0 saturated carbocycles. The van der Waals surface area contributed by atoms with Crippen LogP contribution >= 0.6 is 0 Å². The Kier molecular flexibility index (Phi) is 4.69. The molecule has 0 atom stereocenters. The summed E-state index contributed by atoms with van der Waals surface area (Å²) < 4.78 is 5.35. The number of esters is 1. The summed E-state index contributed by atoms with van der Waals surface area (Å²) in [7, 11) is 0. The van der Waals surface area contributed by atoms with Gasteiger partial charge in [-0.1, -0.05) is 13.8 Å². The van der Waals surface area contributed by atoms with E-state index in [2.05, 4.69) is 16.9 Å². The van der Waals surface area contributed by atoms with Crippen LogP contribution in [0.15, 0.2) is 30.0 Å². The fourth-order valence-corrected chi connectivity index (χ4v) is 2.84. The van der Waals surface area contributed by atoms with Crippen LogP contribution in [0.3, 0.4) is 0 Å². The molecule has 0 N–H and O–H groups in total. The summed E-state index contributed by atoms with van der Waals surface area (Å²) in [6.07, 6.45) is 4.91. The largest absolute Gasteiger partial charge is 0.427 e. The maximum Gasteiger partial charge on any atom is 0.343 e. The maximum atomic E-state index is 12.3. The van der Waals surface area contributed by atoms with E-state index in [0.29, 0.717) is 29.7 Å². The number of benzene rings is 1. The smallest absolute Gasteiger partial charge is 0.343 e. The lowest BCUT2D eigenvalue weighted by atomic mass is 10.1. The van der Waals surface area contributed by atoms with Gasteiger partial charge in [-0.2, -0.15) is 0 Å². The van der Waals surface area contributed by atoms with E-state index in [1.165, 1.54) is 6.08 Å². The van der Waals surface area contributed by atoms with Gasteiger partial charge in [0.25, 0.3) is 0 Å². The summed E-state index contributed by atoms with van der Waals surface area (Å²) >= 11 is 0. The predicted molar refractivity (Wildman–Crippen MR) is 90.7 cm³/mol. The molecule has 2 aromatic rings. The first-order valence-corrected chi connectivity index (χ1v) is 8.35. The molecule has 24 heavy (non-hydrogen) atoms. The van der Waals surface area contributed by atoms with E-state index in [1.54, 1.807) is 18.2 Å². The lowest BCUT2D eigenvalue weighted by molar-refractivity contribution is -0.115. The predicted octanol–water partition coefficient (Wildman–Crippen LogP) is 3.55. The topological polar surface area (TPSA) is 69.2 Å². The van der Waals surface area contributed by atoms with Gasteiger partial charge in [0.15, 0.2) is 5.78 Å². The van der Waals surface area contributed by atoms with Crippen LogP contribution in [0.2, 0.25) is 0 Å². The first-order chi connectivity index (χ1) is 11.6. The summed E-state index contributed by atoms with van der Waals surface area (Å²) in [5, 5.41) is 0. The van der Waals surface area contributed by atoms with Crippen molar-refractivity contribution < 1.29 is 14.3 Å². The molecule has 0 unspecified atom stereocenters. The second kappa shape index (κ2) is 6.91. The number of hydrogen-bond acceptors (Lipinski definition) is 5. The average molecular weight is 324 g/mol. The summed E-state index contributed by atoms with van der Waals surface area (Å²) in [4.78, 5) is 33.0. The van der Waals surface area contributed by atoms with Gasteiger partial charge in [-0.05, 0) is 37.5 Å². The minimum atomic E-state index is -0.461. The molecule has 3 rings (SSSR count). The van der Waals surface area contributed by atoms with Gasteiger partial charge < -0.3 is 4.74 Å². The van der Waals surface area contributed by atoms with E-state index < -0.39 is 5.97 Å². The zero-order valence-electron chi connectivity index (χ0n) is 14.0. The Morgan fingerprint density at radius 3 is 2.46 bits per heavy atom. The second-order valence-corrected chi connectivity index (χ2v) is 5.85. The lowest BCUT2D eigenvalue weighted by Gasteiger charge is -2.12. The SMILES string of the molecule is CCc1nc2ccc(C(=O)OC3=CC(=O)CCC3)cc2nc1CC. The number of aromatic nitrogens is 2. The summed E-state index contributed by atoms with van der Waals surface area (Å²) in [6, 6.07) is 5.18. The molecule has 0 aliphatic heterocycles. The fraction of sp³-hybridized carbons (Fsp3) is 0.368. The van der Waals surface area contributed by atoms with Gasteiger partial charge in [0.2, 0.25) is 0 Å². The maximum absolute atomic E-state index is 12.3. The molecule has 5 heteroatoms. The highest BCUT2D eigenvalue weighted by atomic mass is 16.5. The molecule has 1 heterocycles. The van der Waals surface area contributed by atoms with Crippen molar-refractivity contribution in [2.45, 2.75) is 46.0 Å². The van der Waals surface area contributed by atoms with Crippen molar-refractivity contribution in [1.82, 2.24) is 9.97 Å². The number of carbonyl (C=O) groups excluding carboxylic acids is 2. The van der Waals surface area contributed by atoms with Crippen molar-refractivity contribution in [3.63, 3.8) is 0 Å². The zero-order valence-corrected chi connectivity index (χ0v) is 14.0. The number of allylic oxidation sites excluding steroid dienone is 2. The van der Waals surface area contributed by atoms with Crippen LogP contribution in [0.4, 0.5) is 0 Å². The number of ether oxygens (including phenoxy) is 1. The fourth-order valence-electron chi connectivity index (χ4n) is 2.84. The summed E-state index contributed by atoms with van der Waals surface area (Å²) in [6.45, 7) is 4.10. The Morgan fingerprint density at radius 2 is 1.79 bits per heavy atom. The second-order valence-electron chi connectivity index (χ2n) is 5.85. The van der Waals surface area contributed by atoms with E-state index in [9.17, 15) is 9.59 Å². The van der Waals surface area contributed by atoms with Gasteiger partial charge in [0.05, 0.1) is 28.0 Å². The highest BCUT2D eigenvalue weighted by Crippen LogP contribution is 2.20. The number of ketones is 1. The van der Waals surface area contributed by atoms with Crippen molar-refractivity contribution in [2.75, 3.05) is 0 Å². The number of aryl methyl sites for hydroxylation is 2. The molecular formula is C19H20N2O3. The molecule has 1 aliphatic carbocycles. The van der Waals surface area contributed by atoms with E-state index in [-0.39, 0.29) is 5.78 Å². The van der Waals surface area contributed by atoms with Gasteiger partial charge in [-0.25, -0.2) is 14.8 Å². The Bertz CT molecular complexity index is 840. The van der Waals surface area contributed by atoms with Gasteiger partial charge >= 0.3 is 5.97 Å². The van der Waals surface area contributed by atoms with Gasteiger partial charge in [0.1, 0.15) is 5.76 Å².